The number of thiazole rings is 1. The minimum absolute atomic E-state index is 0.161. The number of nitrogens with zero attached hydrogens (tertiary/aromatic N) is 1. The van der Waals surface area contributed by atoms with E-state index in [1.807, 2.05) is 11.4 Å². The van der Waals surface area contributed by atoms with Crippen molar-refractivity contribution in [2.75, 3.05) is 0 Å². The average molecular weight is 491 g/mol. The van der Waals surface area contributed by atoms with Crippen LogP contribution in [0.15, 0.2) is 83.2 Å². The van der Waals surface area contributed by atoms with Crippen LogP contribution in [0.25, 0.3) is 11.1 Å². The third-order valence-electron chi connectivity index (χ3n) is 4.42. The molecule has 9 heteroatoms. The monoisotopic (exact) mass is 490 g/mol. The highest BCUT2D eigenvalue weighted by atomic mass is 35.5. The fraction of sp³-hybridized carbons (Fsp3) is 0.0455. The molecule has 0 aliphatic carbocycles. The molecular weight excluding hydrogens is 475 g/mol. The van der Waals surface area contributed by atoms with E-state index >= 15 is 0 Å². The molecule has 0 radical (unpaired) electrons. The van der Waals surface area contributed by atoms with Crippen molar-refractivity contribution < 1.29 is 13.2 Å². The molecule has 4 aromatic rings. The molecule has 0 saturated carbocycles. The van der Waals surface area contributed by atoms with E-state index in [1.165, 1.54) is 11.3 Å². The average Bonchev–Trinajstić information content (AvgIpc) is 3.28. The second kappa shape index (κ2) is 9.38. The normalized spacial score (nSPS) is 11.4. The van der Waals surface area contributed by atoms with Crippen LogP contribution in [-0.4, -0.2) is 13.4 Å². The molecule has 0 aliphatic rings. The molecular formula is C22H16Cl2N2O3S2. The Morgan fingerprint density at radius 1 is 0.903 bits per heavy atom. The number of halogens is 2. The Kier molecular flexibility index (Phi) is 6.60. The number of hydrogen-bond acceptors (Lipinski definition) is 5. The Hall–Kier alpha value is -2.42. The topological polar surface area (TPSA) is 68.3 Å². The van der Waals surface area contributed by atoms with Crippen LogP contribution >= 0.6 is 34.5 Å². The fourth-order valence-corrected chi connectivity index (χ4v) is 4.62. The Labute approximate surface area is 194 Å². The van der Waals surface area contributed by atoms with E-state index < -0.39 is 10.0 Å². The van der Waals surface area contributed by atoms with Gasteiger partial charge in [-0.3, -0.25) is 0 Å². The van der Waals surface area contributed by atoms with E-state index in [4.69, 9.17) is 27.9 Å². The minimum Gasteiger partial charge on any atom is -0.431 e. The number of nitrogens with one attached hydrogen (secondary N) is 1. The van der Waals surface area contributed by atoms with Gasteiger partial charge in [0, 0.05) is 18.1 Å². The van der Waals surface area contributed by atoms with Gasteiger partial charge < -0.3 is 4.74 Å². The molecule has 0 atom stereocenters. The molecule has 0 bridgehead atoms. The Morgan fingerprint density at radius 2 is 1.61 bits per heavy atom. The third-order valence-corrected chi connectivity index (χ3v) is 7.23. The van der Waals surface area contributed by atoms with Gasteiger partial charge in [-0.2, -0.15) is 0 Å². The lowest BCUT2D eigenvalue weighted by atomic mass is 10.1. The van der Waals surface area contributed by atoms with Gasteiger partial charge in [0.2, 0.25) is 10.0 Å². The minimum atomic E-state index is -3.66. The first-order valence-electron chi connectivity index (χ1n) is 9.12. The number of ether oxygens (including phenoxy) is 1. The van der Waals surface area contributed by atoms with E-state index in [2.05, 4.69) is 9.71 Å². The van der Waals surface area contributed by atoms with E-state index in [9.17, 15) is 8.42 Å². The number of aromatic nitrogens is 1. The lowest BCUT2D eigenvalue weighted by Gasteiger charge is -2.09. The number of hydrogen-bond donors (Lipinski definition) is 1. The van der Waals surface area contributed by atoms with Crippen LogP contribution in [0.3, 0.4) is 0 Å². The van der Waals surface area contributed by atoms with Crippen LogP contribution in [0.4, 0.5) is 0 Å². The van der Waals surface area contributed by atoms with Crippen molar-refractivity contribution >= 4 is 44.6 Å². The molecule has 0 saturated heterocycles. The van der Waals surface area contributed by atoms with Crippen LogP contribution in [0.1, 0.15) is 5.56 Å². The SMILES string of the molecule is O=S(=O)(NCc1ccc(Oc2nccs2)cc1)c1ccc(-c2ccc(Cl)c(Cl)c2)cc1. The van der Waals surface area contributed by atoms with Crippen molar-refractivity contribution in [1.29, 1.82) is 0 Å². The summed E-state index contributed by atoms with van der Waals surface area (Å²) in [7, 11) is -3.66. The zero-order valence-corrected chi connectivity index (χ0v) is 19.1. The quantitative estimate of drug-likeness (QED) is 0.325. The zero-order valence-electron chi connectivity index (χ0n) is 16.0. The van der Waals surface area contributed by atoms with Crippen LogP contribution in [0.5, 0.6) is 10.9 Å². The highest BCUT2D eigenvalue weighted by molar-refractivity contribution is 7.89. The molecule has 1 aromatic heterocycles. The second-order valence-electron chi connectivity index (χ2n) is 6.52. The summed E-state index contributed by atoms with van der Waals surface area (Å²) in [4.78, 5) is 4.24. The maximum Gasteiger partial charge on any atom is 0.278 e. The van der Waals surface area contributed by atoms with Crippen molar-refractivity contribution in [1.82, 2.24) is 9.71 Å². The van der Waals surface area contributed by atoms with Crippen LogP contribution in [0, 0.1) is 0 Å². The maximum absolute atomic E-state index is 12.6. The fourth-order valence-electron chi connectivity index (χ4n) is 2.80. The van der Waals surface area contributed by atoms with Gasteiger partial charge in [0.1, 0.15) is 5.75 Å². The largest absolute Gasteiger partial charge is 0.431 e. The first-order chi connectivity index (χ1) is 14.9. The van der Waals surface area contributed by atoms with Crippen molar-refractivity contribution in [2.45, 2.75) is 11.4 Å². The maximum atomic E-state index is 12.6. The van der Waals surface area contributed by atoms with Gasteiger partial charge in [0.05, 0.1) is 14.9 Å². The lowest BCUT2D eigenvalue weighted by Crippen LogP contribution is -2.23. The van der Waals surface area contributed by atoms with Gasteiger partial charge >= 0.3 is 0 Å². The van der Waals surface area contributed by atoms with E-state index in [-0.39, 0.29) is 11.4 Å². The first-order valence-corrected chi connectivity index (χ1v) is 12.2. The number of rotatable bonds is 7. The van der Waals surface area contributed by atoms with E-state index in [1.54, 1.807) is 66.9 Å². The standard InChI is InChI=1S/C22H16Cl2N2O3S2/c23-20-10-5-17(13-21(20)24)16-3-8-19(9-4-16)31(27,28)26-14-15-1-6-18(7-2-15)29-22-25-11-12-30-22/h1-13,26H,14H2. The van der Waals surface area contributed by atoms with Crippen molar-refractivity contribution in [2.24, 2.45) is 0 Å². The van der Waals surface area contributed by atoms with Crippen molar-refractivity contribution in [3.63, 3.8) is 0 Å². The summed E-state index contributed by atoms with van der Waals surface area (Å²) in [6.45, 7) is 0.161. The van der Waals surface area contributed by atoms with Gasteiger partial charge in [0.15, 0.2) is 0 Å². The molecule has 31 heavy (non-hydrogen) atoms. The second-order valence-corrected chi connectivity index (χ2v) is 9.96. The summed E-state index contributed by atoms with van der Waals surface area (Å²) in [5.74, 6) is 0.638. The summed E-state index contributed by atoms with van der Waals surface area (Å²) >= 11 is 13.4. The van der Waals surface area contributed by atoms with Gasteiger partial charge in [-0.25, -0.2) is 18.1 Å². The molecule has 0 spiro atoms. The molecule has 5 nitrogen and oxygen atoms in total. The summed E-state index contributed by atoms with van der Waals surface area (Å²) < 4.78 is 33.5. The van der Waals surface area contributed by atoms with Crippen molar-refractivity contribution in [3.8, 4) is 22.1 Å². The predicted molar refractivity (Wildman–Crippen MR) is 125 cm³/mol. The molecule has 3 aromatic carbocycles. The summed E-state index contributed by atoms with van der Waals surface area (Å²) in [6, 6.07) is 19.0. The lowest BCUT2D eigenvalue weighted by molar-refractivity contribution is 0.478. The van der Waals surface area contributed by atoms with Crippen LogP contribution in [-0.2, 0) is 16.6 Å². The van der Waals surface area contributed by atoms with Crippen molar-refractivity contribution in [3.05, 3.63) is 93.9 Å². The smallest absolute Gasteiger partial charge is 0.278 e. The highest BCUT2D eigenvalue weighted by Gasteiger charge is 2.14. The molecule has 158 valence electrons. The third kappa shape index (κ3) is 5.44. The molecule has 1 N–H and O–H groups in total. The molecule has 0 aliphatic heterocycles. The summed E-state index contributed by atoms with van der Waals surface area (Å²) in [6.07, 6.45) is 1.67. The van der Waals surface area contributed by atoms with Gasteiger partial charge in [-0.15, -0.1) is 0 Å². The highest BCUT2D eigenvalue weighted by Crippen LogP contribution is 2.29. The van der Waals surface area contributed by atoms with E-state index in [0.717, 1.165) is 16.7 Å². The van der Waals surface area contributed by atoms with Crippen LogP contribution in [0.2, 0.25) is 10.0 Å². The van der Waals surface area contributed by atoms with Gasteiger partial charge in [0.25, 0.3) is 5.19 Å². The Morgan fingerprint density at radius 3 is 2.26 bits per heavy atom. The Balaban J connectivity index is 1.41. The molecule has 0 amide bonds. The molecule has 0 unspecified atom stereocenters. The molecule has 4 rings (SSSR count). The van der Waals surface area contributed by atoms with E-state index in [0.29, 0.717) is 21.0 Å². The summed E-state index contributed by atoms with van der Waals surface area (Å²) in [5, 5.41) is 3.30. The number of sulfonamides is 1. The van der Waals surface area contributed by atoms with Crippen LogP contribution < -0.4 is 9.46 Å². The first kappa shape index (κ1) is 21.8. The van der Waals surface area contributed by atoms with Gasteiger partial charge in [-0.1, -0.05) is 64.9 Å². The predicted octanol–water partition coefficient (Wildman–Crippen LogP) is 6.39. The zero-order chi connectivity index (χ0) is 21.8. The number of benzene rings is 3. The summed E-state index contributed by atoms with van der Waals surface area (Å²) in [5.41, 5.74) is 2.50. The molecule has 0 fully saturated rings. The molecule has 1 heterocycles. The Bertz CT molecular complexity index is 1280. The van der Waals surface area contributed by atoms with Gasteiger partial charge in [-0.05, 0) is 53.1 Å².